The number of carbonyl (C=O) groups excluding carboxylic acids is 1. The van der Waals surface area contributed by atoms with Gasteiger partial charge < -0.3 is 19.5 Å². The molecule has 2 aromatic carbocycles. The molecule has 1 saturated heterocycles. The molecular weight excluding hydrogens is 535 g/mol. The van der Waals surface area contributed by atoms with Crippen molar-refractivity contribution in [2.75, 3.05) is 14.2 Å². The molecule has 0 spiro atoms. The first-order valence-electron chi connectivity index (χ1n) is 12.5. The van der Waals surface area contributed by atoms with Crippen LogP contribution in [0.1, 0.15) is 58.7 Å². The highest BCUT2D eigenvalue weighted by atomic mass is 19.4. The van der Waals surface area contributed by atoms with Gasteiger partial charge in [-0.3, -0.25) is 9.78 Å². The smallest absolute Gasteiger partial charge is 0.417 e. The number of carbonyl (C=O) groups is 1. The predicted molar refractivity (Wildman–Crippen MR) is 136 cm³/mol. The number of pyridine rings is 1. The third kappa shape index (κ3) is 5.10. The van der Waals surface area contributed by atoms with E-state index in [0.29, 0.717) is 5.69 Å². The Morgan fingerprint density at radius 1 is 1.15 bits per heavy atom. The highest BCUT2D eigenvalue weighted by Crippen LogP contribution is 2.60. The Bertz CT molecular complexity index is 1400. The van der Waals surface area contributed by atoms with Gasteiger partial charge in [-0.2, -0.15) is 17.6 Å². The summed E-state index contributed by atoms with van der Waals surface area (Å²) >= 11 is 0. The van der Waals surface area contributed by atoms with Crippen LogP contribution in [0.5, 0.6) is 11.5 Å². The number of aromatic nitrogens is 1. The van der Waals surface area contributed by atoms with Crippen LogP contribution < -0.4 is 14.8 Å². The summed E-state index contributed by atoms with van der Waals surface area (Å²) in [6, 6.07) is 12.6. The summed E-state index contributed by atoms with van der Waals surface area (Å²) < 4.78 is 89.2. The first-order valence-corrected chi connectivity index (χ1v) is 12.5. The van der Waals surface area contributed by atoms with Crippen LogP contribution in [0, 0.1) is 24.5 Å². The van der Waals surface area contributed by atoms with E-state index in [1.54, 1.807) is 6.92 Å². The van der Waals surface area contributed by atoms with E-state index in [2.05, 4.69) is 10.3 Å². The zero-order valence-electron chi connectivity index (χ0n) is 22.5. The van der Waals surface area contributed by atoms with E-state index in [1.165, 1.54) is 26.1 Å². The number of hydrogen-bond acceptors (Lipinski definition) is 5. The molecule has 1 aliphatic heterocycles. The summed E-state index contributed by atoms with van der Waals surface area (Å²) in [5, 5.41) is 2.49. The highest BCUT2D eigenvalue weighted by molar-refractivity contribution is 5.98. The maximum absolute atomic E-state index is 14.8. The van der Waals surface area contributed by atoms with Crippen LogP contribution in [0.4, 0.5) is 22.0 Å². The van der Waals surface area contributed by atoms with Gasteiger partial charge in [0.2, 0.25) is 5.82 Å². The van der Waals surface area contributed by atoms with Gasteiger partial charge in [0.1, 0.15) is 24.0 Å². The highest BCUT2D eigenvalue weighted by Gasteiger charge is 2.65. The Morgan fingerprint density at radius 3 is 2.42 bits per heavy atom. The van der Waals surface area contributed by atoms with Crippen LogP contribution in [0.2, 0.25) is 0 Å². The Kier molecular flexibility index (Phi) is 8.07. The van der Waals surface area contributed by atoms with Gasteiger partial charge in [0, 0.05) is 36.2 Å². The summed E-state index contributed by atoms with van der Waals surface area (Å²) in [7, 11) is 2.46. The zero-order valence-corrected chi connectivity index (χ0v) is 22.5. The second kappa shape index (κ2) is 11.0. The number of ether oxygens (including phenoxy) is 3. The maximum atomic E-state index is 14.8. The van der Waals surface area contributed by atoms with Crippen molar-refractivity contribution in [3.8, 4) is 11.5 Å². The molecule has 0 bridgehead atoms. The van der Waals surface area contributed by atoms with Crippen molar-refractivity contribution in [1.82, 2.24) is 10.3 Å². The summed E-state index contributed by atoms with van der Waals surface area (Å²) in [6.45, 7) is 3.86. The number of benzene rings is 2. The molecule has 1 N–H and O–H groups in total. The topological polar surface area (TPSA) is 69.7 Å². The third-order valence-corrected chi connectivity index (χ3v) is 7.41. The Balaban J connectivity index is 1.94. The van der Waals surface area contributed by atoms with E-state index in [-0.39, 0.29) is 29.2 Å². The fourth-order valence-electron chi connectivity index (χ4n) is 5.12. The molecule has 40 heavy (non-hydrogen) atoms. The van der Waals surface area contributed by atoms with Crippen molar-refractivity contribution in [3.05, 3.63) is 88.2 Å². The van der Waals surface area contributed by atoms with Gasteiger partial charge in [-0.15, -0.1) is 0 Å². The number of aryl methyl sites for hydroxylation is 1. The SMILES string of the molecule is CNC(=O)c1c(OCc2ccccc2)cc(C)nc1[C@@H]1O[C@@](C)(C(F)(F)F)[C@@H](C)[C@H]1c1ccc(F)c(F)c1OC. The van der Waals surface area contributed by atoms with E-state index in [0.717, 1.165) is 25.7 Å². The summed E-state index contributed by atoms with van der Waals surface area (Å²) in [5.41, 5.74) is -1.89. The molecule has 6 nitrogen and oxygen atoms in total. The Labute approximate surface area is 228 Å². The average Bonchev–Trinajstić information content (AvgIpc) is 3.20. The van der Waals surface area contributed by atoms with Crippen LogP contribution in [0.25, 0.3) is 0 Å². The first-order chi connectivity index (χ1) is 18.8. The molecule has 1 aromatic heterocycles. The van der Waals surface area contributed by atoms with Crippen LogP contribution >= 0.6 is 0 Å². The van der Waals surface area contributed by atoms with E-state index < -0.39 is 53.0 Å². The maximum Gasteiger partial charge on any atom is 0.417 e. The fraction of sp³-hybridized carbons (Fsp3) is 0.379. The van der Waals surface area contributed by atoms with E-state index in [1.807, 2.05) is 30.3 Å². The molecular formula is C29H29F5N2O4. The lowest BCUT2D eigenvalue weighted by molar-refractivity contribution is -0.275. The molecule has 2 heterocycles. The molecule has 0 unspecified atom stereocenters. The standard InChI is InChI=1S/C29H29F5N2O4/c1-15-13-20(39-14-17-9-7-6-8-10-17)22(27(37)35-4)24(36-15)26-21(16(2)28(3,40-26)29(32,33)34)18-11-12-19(30)23(31)25(18)38-5/h6-13,16,21,26H,14H2,1-5H3,(H,35,37)/t16-,21-,26+,28+/m0/s1. The van der Waals surface area contributed by atoms with Gasteiger partial charge >= 0.3 is 6.18 Å². The van der Waals surface area contributed by atoms with Crippen LogP contribution in [0.15, 0.2) is 48.5 Å². The lowest BCUT2D eigenvalue weighted by Gasteiger charge is -2.32. The van der Waals surface area contributed by atoms with Crippen LogP contribution in [-0.4, -0.2) is 36.8 Å². The number of halogens is 5. The van der Waals surface area contributed by atoms with Gasteiger partial charge in [-0.1, -0.05) is 43.3 Å². The minimum atomic E-state index is -4.85. The molecule has 1 amide bonds. The number of rotatable bonds is 7. The Morgan fingerprint density at radius 2 is 1.82 bits per heavy atom. The second-order valence-corrected chi connectivity index (χ2v) is 9.82. The monoisotopic (exact) mass is 564 g/mol. The molecule has 0 radical (unpaired) electrons. The number of amides is 1. The molecule has 3 aromatic rings. The third-order valence-electron chi connectivity index (χ3n) is 7.41. The average molecular weight is 565 g/mol. The lowest BCUT2D eigenvalue weighted by Crippen LogP contribution is -2.46. The van der Waals surface area contributed by atoms with Gasteiger partial charge in [0.25, 0.3) is 5.91 Å². The first kappa shape index (κ1) is 29.3. The molecule has 1 aliphatic rings. The zero-order chi connectivity index (χ0) is 29.4. The van der Waals surface area contributed by atoms with Crippen LogP contribution in [-0.2, 0) is 11.3 Å². The second-order valence-electron chi connectivity index (χ2n) is 9.82. The number of nitrogens with one attached hydrogen (secondary N) is 1. The minimum Gasteiger partial charge on any atom is -0.493 e. The van der Waals surface area contributed by atoms with Crippen molar-refractivity contribution < 1.29 is 41.0 Å². The number of alkyl halides is 3. The molecule has 1 fully saturated rings. The molecule has 0 aliphatic carbocycles. The predicted octanol–water partition coefficient (Wildman–Crippen LogP) is 6.43. The van der Waals surface area contributed by atoms with Crippen molar-refractivity contribution >= 4 is 5.91 Å². The molecule has 4 rings (SSSR count). The normalized spacial score (nSPS) is 22.7. The van der Waals surface area contributed by atoms with Crippen molar-refractivity contribution in [2.24, 2.45) is 5.92 Å². The Hall–Kier alpha value is -3.73. The lowest BCUT2D eigenvalue weighted by atomic mass is 9.76. The van der Waals surface area contributed by atoms with Crippen molar-refractivity contribution in [3.63, 3.8) is 0 Å². The number of methoxy groups -OCH3 is 1. The van der Waals surface area contributed by atoms with Crippen molar-refractivity contribution in [1.29, 1.82) is 0 Å². The number of hydrogen-bond donors (Lipinski definition) is 1. The van der Waals surface area contributed by atoms with Gasteiger partial charge in [-0.05, 0) is 25.5 Å². The van der Waals surface area contributed by atoms with Crippen LogP contribution in [0.3, 0.4) is 0 Å². The van der Waals surface area contributed by atoms with E-state index in [4.69, 9.17) is 14.2 Å². The van der Waals surface area contributed by atoms with Crippen molar-refractivity contribution in [2.45, 2.75) is 51.2 Å². The van der Waals surface area contributed by atoms with Gasteiger partial charge in [-0.25, -0.2) is 4.39 Å². The molecule has 0 saturated carbocycles. The summed E-state index contributed by atoms with van der Waals surface area (Å²) in [6.07, 6.45) is -6.36. The summed E-state index contributed by atoms with van der Waals surface area (Å²) in [4.78, 5) is 17.6. The number of nitrogens with zero attached hydrogens (tertiary/aromatic N) is 1. The van der Waals surface area contributed by atoms with E-state index >= 15 is 0 Å². The summed E-state index contributed by atoms with van der Waals surface area (Å²) in [5.74, 6) is -6.27. The quantitative estimate of drug-likeness (QED) is 0.335. The largest absolute Gasteiger partial charge is 0.493 e. The molecule has 4 atom stereocenters. The minimum absolute atomic E-state index is 0.0511. The fourth-order valence-corrected chi connectivity index (χ4v) is 5.12. The van der Waals surface area contributed by atoms with Gasteiger partial charge in [0.05, 0.1) is 12.8 Å². The van der Waals surface area contributed by atoms with Gasteiger partial charge in [0.15, 0.2) is 17.2 Å². The van der Waals surface area contributed by atoms with E-state index in [9.17, 15) is 26.7 Å². The molecule has 214 valence electrons. The molecule has 11 heteroatoms.